The number of piperidine rings is 1. The normalized spacial score (nSPS) is 14.1. The number of nitrogens with zero attached hydrogens (tertiary/aromatic N) is 2. The van der Waals surface area contributed by atoms with Crippen molar-refractivity contribution >= 4 is 5.91 Å². The van der Waals surface area contributed by atoms with E-state index in [9.17, 15) is 4.79 Å². The Morgan fingerprint density at radius 2 is 1.81 bits per heavy atom. The zero-order valence-electron chi connectivity index (χ0n) is 21.7. The van der Waals surface area contributed by atoms with E-state index in [-0.39, 0.29) is 5.91 Å². The van der Waals surface area contributed by atoms with Crippen LogP contribution in [-0.2, 0) is 13.0 Å². The molecule has 192 valence electrons. The second kappa shape index (κ2) is 12.0. The van der Waals surface area contributed by atoms with Crippen LogP contribution in [0.1, 0.15) is 59.1 Å². The summed E-state index contributed by atoms with van der Waals surface area (Å²) in [4.78, 5) is 15.1. The van der Waals surface area contributed by atoms with Crippen molar-refractivity contribution in [1.29, 1.82) is 0 Å². The van der Waals surface area contributed by atoms with Crippen molar-refractivity contribution in [3.05, 3.63) is 70.6 Å². The first-order valence-corrected chi connectivity index (χ1v) is 12.7. The number of carbonyl (C=O) groups is 1. The van der Waals surface area contributed by atoms with Gasteiger partial charge < -0.3 is 23.6 Å². The highest BCUT2D eigenvalue weighted by atomic mass is 16.5. The Labute approximate surface area is 213 Å². The number of aryl methyl sites for hydroxylation is 3. The van der Waals surface area contributed by atoms with Gasteiger partial charge in [0.05, 0.1) is 25.0 Å². The molecule has 1 saturated heterocycles. The number of ether oxygens (including phenoxy) is 3. The smallest absolute Gasteiger partial charge is 0.253 e. The van der Waals surface area contributed by atoms with Gasteiger partial charge in [0.15, 0.2) is 11.5 Å². The van der Waals surface area contributed by atoms with Crippen LogP contribution in [0.15, 0.2) is 47.0 Å². The summed E-state index contributed by atoms with van der Waals surface area (Å²) in [6.07, 6.45) is 4.25. The van der Waals surface area contributed by atoms with Crippen molar-refractivity contribution in [2.24, 2.45) is 5.92 Å². The van der Waals surface area contributed by atoms with Gasteiger partial charge in [-0.15, -0.1) is 0 Å². The molecule has 1 amide bonds. The summed E-state index contributed by atoms with van der Waals surface area (Å²) >= 11 is 0. The number of amides is 1. The van der Waals surface area contributed by atoms with Gasteiger partial charge in [0.2, 0.25) is 0 Å². The van der Waals surface area contributed by atoms with Gasteiger partial charge in [-0.2, -0.15) is 0 Å². The molecule has 1 fully saturated rings. The first-order chi connectivity index (χ1) is 17.5. The zero-order valence-corrected chi connectivity index (χ0v) is 21.7. The Hall–Kier alpha value is -3.48. The molecule has 4 rings (SSSR count). The second-order valence-corrected chi connectivity index (χ2v) is 9.31. The molecule has 36 heavy (non-hydrogen) atoms. The lowest BCUT2D eigenvalue weighted by molar-refractivity contribution is 0.0686. The standard InChI is InChI=1S/C29H36N2O5/c1-5-34-25-11-8-22(9-12-25)6-7-23-14-16-31(17-15-23)29(32)24-10-13-27(28(18-24)33-4)35-19-26-20(2)30-36-21(26)3/h8-13,18,23H,5-7,14-17,19H2,1-4H3. The Balaban J connectivity index is 1.28. The minimum Gasteiger partial charge on any atom is -0.494 e. The number of benzene rings is 2. The maximum Gasteiger partial charge on any atom is 0.253 e. The van der Waals surface area contributed by atoms with Gasteiger partial charge in [-0.1, -0.05) is 17.3 Å². The van der Waals surface area contributed by atoms with E-state index < -0.39 is 0 Å². The van der Waals surface area contributed by atoms with Gasteiger partial charge in [0.1, 0.15) is 18.1 Å². The number of methoxy groups -OCH3 is 1. The molecule has 0 unspecified atom stereocenters. The molecule has 0 N–H and O–H groups in total. The van der Waals surface area contributed by atoms with Crippen LogP contribution >= 0.6 is 0 Å². The van der Waals surface area contributed by atoms with Crippen molar-refractivity contribution in [3.63, 3.8) is 0 Å². The molecular formula is C29H36N2O5. The van der Waals surface area contributed by atoms with Gasteiger partial charge in [0, 0.05) is 18.7 Å². The fourth-order valence-electron chi connectivity index (χ4n) is 4.67. The second-order valence-electron chi connectivity index (χ2n) is 9.31. The molecule has 2 heterocycles. The summed E-state index contributed by atoms with van der Waals surface area (Å²) in [6.45, 7) is 8.31. The van der Waals surface area contributed by atoms with Crippen LogP contribution in [-0.4, -0.2) is 42.8 Å². The van der Waals surface area contributed by atoms with Crippen LogP contribution in [0, 0.1) is 19.8 Å². The molecule has 0 saturated carbocycles. The van der Waals surface area contributed by atoms with E-state index in [1.54, 1.807) is 19.2 Å². The van der Waals surface area contributed by atoms with Crippen LogP contribution in [0.4, 0.5) is 0 Å². The maximum absolute atomic E-state index is 13.2. The third-order valence-corrected chi connectivity index (χ3v) is 6.94. The fourth-order valence-corrected chi connectivity index (χ4v) is 4.67. The minimum atomic E-state index is 0.0375. The van der Waals surface area contributed by atoms with E-state index in [1.165, 1.54) is 5.56 Å². The quantitative estimate of drug-likeness (QED) is 0.358. The van der Waals surface area contributed by atoms with Crippen LogP contribution in [0.25, 0.3) is 0 Å². The molecule has 0 bridgehead atoms. The Morgan fingerprint density at radius 1 is 1.06 bits per heavy atom. The molecule has 2 aromatic carbocycles. The summed E-state index contributed by atoms with van der Waals surface area (Å²) in [5.41, 5.74) is 3.67. The molecular weight excluding hydrogens is 456 g/mol. The van der Waals surface area contributed by atoms with Crippen molar-refractivity contribution < 1.29 is 23.5 Å². The minimum absolute atomic E-state index is 0.0375. The number of hydrogen-bond donors (Lipinski definition) is 0. The van der Waals surface area contributed by atoms with Crippen LogP contribution in [0.5, 0.6) is 17.2 Å². The average Bonchev–Trinajstić information content (AvgIpc) is 3.23. The van der Waals surface area contributed by atoms with E-state index in [0.717, 1.165) is 61.5 Å². The van der Waals surface area contributed by atoms with E-state index >= 15 is 0 Å². The zero-order chi connectivity index (χ0) is 25.5. The average molecular weight is 493 g/mol. The number of aromatic nitrogens is 1. The first-order valence-electron chi connectivity index (χ1n) is 12.7. The molecule has 7 heteroatoms. The van der Waals surface area contributed by atoms with Crippen molar-refractivity contribution in [2.75, 3.05) is 26.8 Å². The van der Waals surface area contributed by atoms with E-state index in [4.69, 9.17) is 18.7 Å². The highest BCUT2D eigenvalue weighted by Gasteiger charge is 2.24. The SMILES string of the molecule is CCOc1ccc(CCC2CCN(C(=O)c3ccc(OCc4c(C)noc4C)c(OC)c3)CC2)cc1. The van der Waals surface area contributed by atoms with Crippen LogP contribution in [0.3, 0.4) is 0 Å². The van der Waals surface area contributed by atoms with E-state index in [1.807, 2.05) is 43.9 Å². The first kappa shape index (κ1) is 25.6. The highest BCUT2D eigenvalue weighted by Crippen LogP contribution is 2.31. The van der Waals surface area contributed by atoms with E-state index in [0.29, 0.717) is 36.2 Å². The van der Waals surface area contributed by atoms with Crippen molar-refractivity contribution in [1.82, 2.24) is 10.1 Å². The lowest BCUT2D eigenvalue weighted by atomic mass is 9.90. The molecule has 3 aromatic rings. The summed E-state index contributed by atoms with van der Waals surface area (Å²) in [6, 6.07) is 13.8. The number of likely N-dealkylation sites (tertiary alicyclic amines) is 1. The summed E-state index contributed by atoms with van der Waals surface area (Å²) in [7, 11) is 1.59. The van der Waals surface area contributed by atoms with Gasteiger partial charge in [-0.05, 0) is 88.3 Å². The lowest BCUT2D eigenvalue weighted by Gasteiger charge is -2.32. The molecule has 7 nitrogen and oxygen atoms in total. The van der Waals surface area contributed by atoms with Crippen LogP contribution < -0.4 is 14.2 Å². The van der Waals surface area contributed by atoms with Crippen molar-refractivity contribution in [2.45, 2.75) is 53.1 Å². The van der Waals surface area contributed by atoms with E-state index in [2.05, 4.69) is 17.3 Å². The summed E-state index contributed by atoms with van der Waals surface area (Å²) in [5, 5.41) is 3.96. The monoisotopic (exact) mass is 492 g/mol. The fraction of sp³-hybridized carbons (Fsp3) is 0.448. The molecule has 0 radical (unpaired) electrons. The van der Waals surface area contributed by atoms with Gasteiger partial charge in [-0.3, -0.25) is 4.79 Å². The molecule has 1 aromatic heterocycles. The molecule has 1 aliphatic rings. The topological polar surface area (TPSA) is 74.0 Å². The molecule has 0 spiro atoms. The summed E-state index contributed by atoms with van der Waals surface area (Å²) in [5.74, 6) is 3.46. The largest absolute Gasteiger partial charge is 0.494 e. The lowest BCUT2D eigenvalue weighted by Crippen LogP contribution is -2.38. The Kier molecular flexibility index (Phi) is 8.52. The van der Waals surface area contributed by atoms with Gasteiger partial charge in [-0.25, -0.2) is 0 Å². The molecule has 1 aliphatic heterocycles. The molecule has 0 atom stereocenters. The van der Waals surface area contributed by atoms with Gasteiger partial charge >= 0.3 is 0 Å². The third kappa shape index (κ3) is 6.20. The number of carbonyl (C=O) groups excluding carboxylic acids is 1. The Morgan fingerprint density at radius 3 is 2.44 bits per heavy atom. The third-order valence-electron chi connectivity index (χ3n) is 6.94. The number of rotatable bonds is 10. The predicted molar refractivity (Wildman–Crippen MR) is 138 cm³/mol. The maximum atomic E-state index is 13.2. The predicted octanol–water partition coefficient (Wildman–Crippen LogP) is 5.76. The summed E-state index contributed by atoms with van der Waals surface area (Å²) < 4.78 is 22.2. The Bertz CT molecular complexity index is 1130. The highest BCUT2D eigenvalue weighted by molar-refractivity contribution is 5.95. The van der Waals surface area contributed by atoms with Crippen LogP contribution in [0.2, 0.25) is 0 Å². The van der Waals surface area contributed by atoms with Crippen molar-refractivity contribution in [3.8, 4) is 17.2 Å². The number of hydrogen-bond acceptors (Lipinski definition) is 6. The van der Waals surface area contributed by atoms with Gasteiger partial charge in [0.25, 0.3) is 5.91 Å². The molecule has 0 aliphatic carbocycles.